The van der Waals surface area contributed by atoms with Crippen LogP contribution in [-0.4, -0.2) is 25.2 Å². The summed E-state index contributed by atoms with van der Waals surface area (Å²) in [6, 6.07) is 5.73. The molecule has 1 aliphatic heterocycles. The number of aromatic hydroxyl groups is 1. The van der Waals surface area contributed by atoms with Crippen molar-refractivity contribution in [3.63, 3.8) is 0 Å². The van der Waals surface area contributed by atoms with Gasteiger partial charge in [0.1, 0.15) is 11.4 Å². The maximum Gasteiger partial charge on any atom is 0.143 e. The predicted octanol–water partition coefficient (Wildman–Crippen LogP) is 3.16. The number of hydrogen-bond acceptors (Lipinski definition) is 1. The van der Waals surface area contributed by atoms with E-state index in [1.807, 2.05) is 12.1 Å². The maximum absolute atomic E-state index is 9.66. The molecule has 0 aliphatic carbocycles. The SMILES string of the molecule is CC[N+]1(C)CCC=C(C)c2ccc(O)cc21. The molecule has 2 heteroatoms. The predicted molar refractivity (Wildman–Crippen MR) is 69.5 cm³/mol. The second-order valence-electron chi connectivity index (χ2n) is 4.81. The number of rotatable bonds is 1. The van der Waals surface area contributed by atoms with E-state index < -0.39 is 0 Å². The molecule has 0 saturated carbocycles. The fraction of sp³-hybridized carbons (Fsp3) is 0.429. The van der Waals surface area contributed by atoms with Crippen LogP contribution >= 0.6 is 0 Å². The highest BCUT2D eigenvalue weighted by Gasteiger charge is 2.28. The van der Waals surface area contributed by atoms with Crippen LogP contribution in [-0.2, 0) is 0 Å². The van der Waals surface area contributed by atoms with Gasteiger partial charge in [-0.3, -0.25) is 4.48 Å². The monoisotopic (exact) mass is 218 g/mol. The van der Waals surface area contributed by atoms with E-state index in [0.717, 1.165) is 24.0 Å². The van der Waals surface area contributed by atoms with Crippen molar-refractivity contribution in [1.29, 1.82) is 0 Å². The summed E-state index contributed by atoms with van der Waals surface area (Å²) in [6.45, 7) is 6.51. The zero-order valence-corrected chi connectivity index (χ0v) is 10.3. The summed E-state index contributed by atoms with van der Waals surface area (Å²) in [4.78, 5) is 0. The molecule has 86 valence electrons. The Morgan fingerprint density at radius 1 is 1.38 bits per heavy atom. The fourth-order valence-corrected chi connectivity index (χ4v) is 2.42. The van der Waals surface area contributed by atoms with E-state index >= 15 is 0 Å². The molecule has 0 aromatic heterocycles. The molecule has 0 spiro atoms. The Morgan fingerprint density at radius 3 is 2.81 bits per heavy atom. The average molecular weight is 218 g/mol. The molecule has 1 aliphatic rings. The van der Waals surface area contributed by atoms with Gasteiger partial charge in [0.15, 0.2) is 0 Å². The molecule has 1 aromatic carbocycles. The molecular weight excluding hydrogens is 198 g/mol. The number of nitrogens with zero attached hydrogens (tertiary/aromatic N) is 1. The zero-order chi connectivity index (χ0) is 11.8. The van der Waals surface area contributed by atoms with Crippen molar-refractivity contribution in [2.75, 3.05) is 20.1 Å². The summed E-state index contributed by atoms with van der Waals surface area (Å²) in [5, 5.41) is 9.66. The molecule has 1 heterocycles. The zero-order valence-electron chi connectivity index (χ0n) is 10.3. The van der Waals surface area contributed by atoms with Crippen molar-refractivity contribution in [3.8, 4) is 5.75 Å². The van der Waals surface area contributed by atoms with Gasteiger partial charge in [-0.15, -0.1) is 0 Å². The molecule has 1 aromatic rings. The number of benzene rings is 1. The van der Waals surface area contributed by atoms with Crippen molar-refractivity contribution >= 4 is 11.3 Å². The molecule has 0 bridgehead atoms. The van der Waals surface area contributed by atoms with Gasteiger partial charge in [-0.05, 0) is 31.6 Å². The van der Waals surface area contributed by atoms with Crippen molar-refractivity contribution in [3.05, 3.63) is 29.8 Å². The average Bonchev–Trinajstić information content (AvgIpc) is 2.39. The lowest BCUT2D eigenvalue weighted by molar-refractivity contribution is 0.352. The number of phenols is 1. The summed E-state index contributed by atoms with van der Waals surface area (Å²) < 4.78 is 0.900. The molecule has 0 fully saturated rings. The lowest BCUT2D eigenvalue weighted by Crippen LogP contribution is -2.45. The molecular formula is C14H20NO+. The molecule has 0 saturated heterocycles. The number of hydrogen-bond donors (Lipinski definition) is 1. The van der Waals surface area contributed by atoms with Crippen molar-refractivity contribution in [2.24, 2.45) is 0 Å². The van der Waals surface area contributed by atoms with Crippen molar-refractivity contribution in [2.45, 2.75) is 20.3 Å². The van der Waals surface area contributed by atoms with E-state index in [0.29, 0.717) is 5.75 Å². The molecule has 2 rings (SSSR count). The minimum Gasteiger partial charge on any atom is -0.508 e. The lowest BCUT2D eigenvalue weighted by atomic mass is 10.0. The number of quaternary nitrogens is 1. The molecule has 1 N–H and O–H groups in total. The third-order valence-corrected chi connectivity index (χ3v) is 3.76. The second kappa shape index (κ2) is 3.95. The van der Waals surface area contributed by atoms with Gasteiger partial charge in [0.25, 0.3) is 0 Å². The Kier molecular flexibility index (Phi) is 2.76. The third kappa shape index (κ3) is 1.74. The molecule has 16 heavy (non-hydrogen) atoms. The fourth-order valence-electron chi connectivity index (χ4n) is 2.42. The van der Waals surface area contributed by atoms with Crippen LogP contribution < -0.4 is 4.48 Å². The summed E-state index contributed by atoms with van der Waals surface area (Å²) in [6.07, 6.45) is 3.40. The van der Waals surface area contributed by atoms with Gasteiger partial charge in [-0.2, -0.15) is 0 Å². The highest BCUT2D eigenvalue weighted by Crippen LogP contribution is 2.36. The van der Waals surface area contributed by atoms with E-state index in [4.69, 9.17) is 0 Å². The first-order valence-electron chi connectivity index (χ1n) is 5.92. The van der Waals surface area contributed by atoms with Crippen LogP contribution in [0.2, 0.25) is 0 Å². The highest BCUT2D eigenvalue weighted by atomic mass is 16.3. The van der Waals surface area contributed by atoms with Gasteiger partial charge >= 0.3 is 0 Å². The van der Waals surface area contributed by atoms with Crippen LogP contribution in [0.15, 0.2) is 24.3 Å². The van der Waals surface area contributed by atoms with E-state index in [-0.39, 0.29) is 0 Å². The summed E-state index contributed by atoms with van der Waals surface area (Å²) >= 11 is 0. The Labute approximate surface area is 97.4 Å². The minimum atomic E-state index is 0.367. The second-order valence-corrected chi connectivity index (χ2v) is 4.81. The smallest absolute Gasteiger partial charge is 0.143 e. The summed E-state index contributed by atoms with van der Waals surface area (Å²) in [5.41, 5.74) is 3.85. The topological polar surface area (TPSA) is 20.2 Å². The van der Waals surface area contributed by atoms with Gasteiger partial charge in [0.2, 0.25) is 0 Å². The van der Waals surface area contributed by atoms with Crippen LogP contribution in [0.3, 0.4) is 0 Å². The van der Waals surface area contributed by atoms with Crippen LogP contribution in [0.25, 0.3) is 5.57 Å². The van der Waals surface area contributed by atoms with E-state index in [2.05, 4.69) is 27.0 Å². The lowest BCUT2D eigenvalue weighted by Gasteiger charge is -2.33. The van der Waals surface area contributed by atoms with Crippen LogP contribution in [0.5, 0.6) is 5.75 Å². The summed E-state index contributed by atoms with van der Waals surface area (Å²) in [7, 11) is 2.24. The first kappa shape index (κ1) is 11.2. The Morgan fingerprint density at radius 2 is 2.12 bits per heavy atom. The standard InChI is InChI=1S/C14H19NO/c1-4-15(3)9-5-6-11(2)13-8-7-12(16)10-14(13)15/h6-8,10H,4-5,9H2,1-3H3/p+1. The maximum atomic E-state index is 9.66. The number of phenolic OH excluding ortho intramolecular Hbond substituents is 1. The van der Waals surface area contributed by atoms with Gasteiger partial charge in [-0.1, -0.05) is 6.08 Å². The number of allylic oxidation sites excluding steroid dienone is 1. The van der Waals surface area contributed by atoms with E-state index in [1.54, 1.807) is 6.07 Å². The largest absolute Gasteiger partial charge is 0.508 e. The number of fused-ring (bicyclic) bond motifs is 1. The highest BCUT2D eigenvalue weighted by molar-refractivity contribution is 5.76. The molecule has 1 atom stereocenters. The van der Waals surface area contributed by atoms with Crippen LogP contribution in [0.1, 0.15) is 25.8 Å². The molecule has 2 nitrogen and oxygen atoms in total. The Balaban J connectivity index is 2.64. The van der Waals surface area contributed by atoms with Gasteiger partial charge in [-0.25, -0.2) is 0 Å². The van der Waals surface area contributed by atoms with E-state index in [1.165, 1.54) is 16.8 Å². The normalized spacial score (nSPS) is 24.6. The Hall–Kier alpha value is -1.28. The van der Waals surface area contributed by atoms with E-state index in [9.17, 15) is 5.11 Å². The minimum absolute atomic E-state index is 0.367. The molecule has 0 amide bonds. The molecule has 0 radical (unpaired) electrons. The van der Waals surface area contributed by atoms with Gasteiger partial charge < -0.3 is 5.11 Å². The quantitative estimate of drug-likeness (QED) is 0.718. The van der Waals surface area contributed by atoms with Gasteiger partial charge in [0, 0.05) is 18.1 Å². The van der Waals surface area contributed by atoms with Gasteiger partial charge in [0.05, 0.1) is 20.1 Å². The van der Waals surface area contributed by atoms with Crippen LogP contribution in [0.4, 0.5) is 5.69 Å². The van der Waals surface area contributed by atoms with Crippen molar-refractivity contribution < 1.29 is 5.11 Å². The summed E-state index contributed by atoms with van der Waals surface area (Å²) in [5.74, 6) is 0.367. The molecule has 1 unspecified atom stereocenters. The first-order chi connectivity index (χ1) is 7.57. The van der Waals surface area contributed by atoms with Crippen molar-refractivity contribution in [1.82, 2.24) is 4.48 Å². The first-order valence-corrected chi connectivity index (χ1v) is 5.92. The van der Waals surface area contributed by atoms with Crippen LogP contribution in [0, 0.1) is 0 Å². The third-order valence-electron chi connectivity index (χ3n) is 3.76. The Bertz CT molecular complexity index is 436.